The lowest BCUT2D eigenvalue weighted by Gasteiger charge is -2.13. The van der Waals surface area contributed by atoms with Crippen LogP contribution in [0.15, 0.2) is 59.0 Å². The summed E-state index contributed by atoms with van der Waals surface area (Å²) in [5.41, 5.74) is 0.353. The van der Waals surface area contributed by atoms with Gasteiger partial charge in [-0.2, -0.15) is 0 Å². The zero-order chi connectivity index (χ0) is 21.5. The fourth-order valence-corrected chi connectivity index (χ4v) is 2.94. The number of rotatable bonds is 9. The third-order valence-electron chi connectivity index (χ3n) is 4.41. The van der Waals surface area contributed by atoms with Crippen LogP contribution in [0.25, 0.3) is 12.2 Å². The molecule has 0 atom stereocenters. The van der Waals surface area contributed by atoms with Gasteiger partial charge in [0.15, 0.2) is 6.79 Å². The second kappa shape index (κ2) is 9.67. The molecule has 1 heterocycles. The van der Waals surface area contributed by atoms with Crippen molar-refractivity contribution in [1.82, 2.24) is 0 Å². The number of benzene rings is 2. The first-order valence-corrected chi connectivity index (χ1v) is 9.34. The highest BCUT2D eigenvalue weighted by atomic mass is 16.7. The van der Waals surface area contributed by atoms with Crippen LogP contribution < -0.4 is 4.74 Å². The molecule has 3 aromatic rings. The third kappa shape index (κ3) is 4.64. The van der Waals surface area contributed by atoms with E-state index in [2.05, 4.69) is 0 Å². The van der Waals surface area contributed by atoms with Crippen LogP contribution in [0.2, 0.25) is 0 Å². The van der Waals surface area contributed by atoms with E-state index in [1.807, 2.05) is 19.1 Å². The zero-order valence-electron chi connectivity index (χ0n) is 16.7. The zero-order valence-corrected chi connectivity index (χ0v) is 16.7. The number of aryl methyl sites for hydroxylation is 1. The SMILES string of the molecule is CCc1ccc(C=Cc2ccc([N+](=O)[O-])c(C(=O)c3ccccc3)c2OCOC)o1. The lowest BCUT2D eigenvalue weighted by molar-refractivity contribution is -0.385. The van der Waals surface area contributed by atoms with Gasteiger partial charge in [-0.25, -0.2) is 0 Å². The number of carbonyl (C=O) groups excluding carboxylic acids is 1. The number of hydrogen-bond acceptors (Lipinski definition) is 6. The van der Waals surface area contributed by atoms with Crippen LogP contribution in [0, 0.1) is 10.1 Å². The Hall–Kier alpha value is -3.71. The number of methoxy groups -OCH3 is 1. The summed E-state index contributed by atoms with van der Waals surface area (Å²) >= 11 is 0. The number of hydrogen-bond donors (Lipinski definition) is 0. The van der Waals surface area contributed by atoms with E-state index < -0.39 is 10.7 Å². The normalized spacial score (nSPS) is 11.0. The summed E-state index contributed by atoms with van der Waals surface area (Å²) in [4.78, 5) is 24.2. The van der Waals surface area contributed by atoms with Crippen LogP contribution in [-0.2, 0) is 11.2 Å². The van der Waals surface area contributed by atoms with Crippen molar-refractivity contribution >= 4 is 23.6 Å². The molecule has 7 heteroatoms. The molecular weight excluding hydrogens is 386 g/mol. The van der Waals surface area contributed by atoms with Crippen molar-refractivity contribution in [3.05, 3.63) is 92.9 Å². The number of carbonyl (C=O) groups is 1. The molecule has 154 valence electrons. The van der Waals surface area contributed by atoms with Crippen molar-refractivity contribution in [3.8, 4) is 5.75 Å². The molecule has 0 aliphatic carbocycles. The summed E-state index contributed by atoms with van der Waals surface area (Å²) in [7, 11) is 1.43. The van der Waals surface area contributed by atoms with E-state index in [0.29, 0.717) is 16.9 Å². The Morgan fingerprint density at radius 3 is 2.50 bits per heavy atom. The van der Waals surface area contributed by atoms with Gasteiger partial charge in [0.05, 0.1) is 4.92 Å². The lowest BCUT2D eigenvalue weighted by atomic mass is 9.97. The van der Waals surface area contributed by atoms with Gasteiger partial charge < -0.3 is 13.9 Å². The molecule has 2 aromatic carbocycles. The van der Waals surface area contributed by atoms with Crippen molar-refractivity contribution in [3.63, 3.8) is 0 Å². The summed E-state index contributed by atoms with van der Waals surface area (Å²) in [6.07, 6.45) is 4.18. The standard InChI is InChI=1S/C23H21NO6/c1-3-18-12-13-19(30-18)11-9-17-10-14-20(24(26)27)21(23(17)29-15-28-2)22(25)16-7-5-4-6-8-16/h4-14H,3,15H2,1-2H3. The number of nitro benzene ring substituents is 1. The predicted octanol–water partition coefficient (Wildman–Crippen LogP) is 5.13. The van der Waals surface area contributed by atoms with Crippen molar-refractivity contribution in [2.75, 3.05) is 13.9 Å². The summed E-state index contributed by atoms with van der Waals surface area (Å²) in [6, 6.07) is 14.9. The lowest BCUT2D eigenvalue weighted by Crippen LogP contribution is -2.11. The number of ether oxygens (including phenoxy) is 2. The van der Waals surface area contributed by atoms with E-state index in [-0.39, 0.29) is 23.8 Å². The maximum Gasteiger partial charge on any atom is 0.284 e. The molecule has 0 saturated heterocycles. The van der Waals surface area contributed by atoms with Gasteiger partial charge in [-0.3, -0.25) is 14.9 Å². The van der Waals surface area contributed by atoms with Crippen LogP contribution in [0.5, 0.6) is 5.75 Å². The molecule has 1 aromatic heterocycles. The summed E-state index contributed by atoms with van der Waals surface area (Å²) < 4.78 is 16.3. The predicted molar refractivity (Wildman–Crippen MR) is 112 cm³/mol. The Bertz CT molecular complexity index is 1070. The van der Waals surface area contributed by atoms with Gasteiger partial charge in [0.2, 0.25) is 5.78 Å². The number of ketones is 1. The van der Waals surface area contributed by atoms with Crippen molar-refractivity contribution < 1.29 is 23.6 Å². The molecule has 0 saturated carbocycles. The Labute approximate surface area is 173 Å². The third-order valence-corrected chi connectivity index (χ3v) is 4.41. The smallest absolute Gasteiger partial charge is 0.284 e. The molecule has 0 unspecified atom stereocenters. The monoisotopic (exact) mass is 407 g/mol. The molecule has 0 fully saturated rings. The molecular formula is C23H21NO6. The Balaban J connectivity index is 2.12. The minimum absolute atomic E-state index is 0.0819. The molecule has 0 aliphatic heterocycles. The van der Waals surface area contributed by atoms with Gasteiger partial charge in [0.25, 0.3) is 5.69 Å². The number of nitro groups is 1. The molecule has 0 N–H and O–H groups in total. The largest absolute Gasteiger partial charge is 0.466 e. The maximum absolute atomic E-state index is 13.2. The van der Waals surface area contributed by atoms with Crippen molar-refractivity contribution in [1.29, 1.82) is 0 Å². The molecule has 0 spiro atoms. The van der Waals surface area contributed by atoms with E-state index in [9.17, 15) is 14.9 Å². The Morgan fingerprint density at radius 1 is 1.10 bits per heavy atom. The Kier molecular flexibility index (Phi) is 6.77. The maximum atomic E-state index is 13.2. The molecule has 0 amide bonds. The van der Waals surface area contributed by atoms with E-state index in [0.717, 1.165) is 12.2 Å². The second-order valence-electron chi connectivity index (χ2n) is 6.37. The highest BCUT2D eigenvalue weighted by molar-refractivity contribution is 6.14. The van der Waals surface area contributed by atoms with Crippen LogP contribution >= 0.6 is 0 Å². The summed E-state index contributed by atoms with van der Waals surface area (Å²) in [5, 5.41) is 11.6. The summed E-state index contributed by atoms with van der Waals surface area (Å²) in [6.45, 7) is 1.82. The minimum Gasteiger partial charge on any atom is -0.466 e. The van der Waals surface area contributed by atoms with Crippen LogP contribution in [0.1, 0.15) is 39.9 Å². The van der Waals surface area contributed by atoms with Gasteiger partial charge in [0.1, 0.15) is 22.8 Å². The van der Waals surface area contributed by atoms with E-state index in [1.165, 1.54) is 19.2 Å². The fourth-order valence-electron chi connectivity index (χ4n) is 2.94. The number of nitrogens with zero attached hydrogens (tertiary/aromatic N) is 1. The molecule has 0 aliphatic rings. The van der Waals surface area contributed by atoms with E-state index in [4.69, 9.17) is 13.9 Å². The average molecular weight is 407 g/mol. The second-order valence-corrected chi connectivity index (χ2v) is 6.37. The van der Waals surface area contributed by atoms with Crippen molar-refractivity contribution in [2.24, 2.45) is 0 Å². The molecule has 3 rings (SSSR count). The highest BCUT2D eigenvalue weighted by Crippen LogP contribution is 2.35. The van der Waals surface area contributed by atoms with Crippen LogP contribution in [0.4, 0.5) is 5.69 Å². The molecule has 0 radical (unpaired) electrons. The van der Waals surface area contributed by atoms with Crippen LogP contribution in [-0.4, -0.2) is 24.6 Å². The van der Waals surface area contributed by atoms with Gasteiger partial charge in [-0.05, 0) is 30.4 Å². The molecule has 30 heavy (non-hydrogen) atoms. The topological polar surface area (TPSA) is 91.8 Å². The summed E-state index contributed by atoms with van der Waals surface area (Å²) in [5.74, 6) is 1.04. The van der Waals surface area contributed by atoms with Crippen molar-refractivity contribution in [2.45, 2.75) is 13.3 Å². The first kappa shape index (κ1) is 21.0. The highest BCUT2D eigenvalue weighted by Gasteiger charge is 2.28. The quantitative estimate of drug-likeness (QED) is 0.211. The van der Waals surface area contributed by atoms with Crippen LogP contribution in [0.3, 0.4) is 0 Å². The number of furan rings is 1. The van der Waals surface area contributed by atoms with E-state index >= 15 is 0 Å². The van der Waals surface area contributed by atoms with Gasteiger partial charge in [-0.1, -0.05) is 37.3 Å². The van der Waals surface area contributed by atoms with Gasteiger partial charge in [-0.15, -0.1) is 0 Å². The first-order valence-electron chi connectivity index (χ1n) is 9.34. The van der Waals surface area contributed by atoms with E-state index in [1.54, 1.807) is 42.5 Å². The fraction of sp³-hybridized carbons (Fsp3) is 0.174. The van der Waals surface area contributed by atoms with Gasteiger partial charge >= 0.3 is 0 Å². The minimum atomic E-state index is -0.594. The molecule has 0 bridgehead atoms. The first-order chi connectivity index (χ1) is 14.5. The molecule has 7 nitrogen and oxygen atoms in total. The van der Waals surface area contributed by atoms with Gasteiger partial charge in [0, 0.05) is 30.7 Å². The average Bonchev–Trinajstić information content (AvgIpc) is 3.24. The Morgan fingerprint density at radius 2 is 1.87 bits per heavy atom.